The Morgan fingerprint density at radius 3 is 2.80 bits per heavy atom. The number of hydrogen-bond donors (Lipinski definition) is 2. The van der Waals surface area contributed by atoms with Crippen LogP contribution in [0.25, 0.3) is 0 Å². The third-order valence-corrected chi connectivity index (χ3v) is 4.05. The lowest BCUT2D eigenvalue weighted by atomic mass is 10.5. The van der Waals surface area contributed by atoms with Crippen LogP contribution in [0.5, 0.6) is 0 Å². The first-order valence-corrected chi connectivity index (χ1v) is 6.44. The number of nitrogens with one attached hydrogen (secondary N) is 1. The maximum Gasteiger partial charge on any atom is 0.269 e. The van der Waals surface area contributed by atoms with Crippen molar-refractivity contribution in [1.82, 2.24) is 14.9 Å². The second kappa shape index (κ2) is 5.35. The number of nitrogens with two attached hydrogens (primary N) is 1. The molecule has 1 aromatic heterocycles. The largest absolute Gasteiger partial charge is 0.385 e. The Labute approximate surface area is 91.7 Å². The van der Waals surface area contributed by atoms with Crippen LogP contribution < -0.4 is 10.5 Å². The van der Waals surface area contributed by atoms with E-state index >= 15 is 0 Å². The summed E-state index contributed by atoms with van der Waals surface area (Å²) >= 11 is 0.832. The molecule has 1 rings (SSSR count). The fourth-order valence-corrected chi connectivity index (χ4v) is 2.71. The number of ether oxygens (including phenoxy) is 1. The molecule has 0 spiro atoms. The predicted octanol–water partition coefficient (Wildman–Crippen LogP) is -0.565. The zero-order chi connectivity index (χ0) is 11.3. The summed E-state index contributed by atoms with van der Waals surface area (Å²) in [5, 5.41) is 7.01. The predicted molar refractivity (Wildman–Crippen MR) is 56.0 cm³/mol. The molecule has 86 valence electrons. The molecule has 0 aliphatic rings. The Morgan fingerprint density at radius 2 is 2.27 bits per heavy atom. The number of anilines is 1. The van der Waals surface area contributed by atoms with Gasteiger partial charge < -0.3 is 10.5 Å². The number of sulfonamides is 1. The van der Waals surface area contributed by atoms with Gasteiger partial charge in [0.25, 0.3) is 10.0 Å². The lowest BCUT2D eigenvalue weighted by Crippen LogP contribution is -2.25. The van der Waals surface area contributed by atoms with E-state index in [-0.39, 0.29) is 9.47 Å². The van der Waals surface area contributed by atoms with E-state index < -0.39 is 10.0 Å². The van der Waals surface area contributed by atoms with E-state index in [1.807, 2.05) is 0 Å². The molecule has 0 aliphatic heterocycles. The summed E-state index contributed by atoms with van der Waals surface area (Å²) in [6.45, 7) is 0.802. The Hall–Kier alpha value is -0.770. The van der Waals surface area contributed by atoms with E-state index in [9.17, 15) is 8.42 Å². The molecule has 0 saturated heterocycles. The molecule has 9 heteroatoms. The minimum atomic E-state index is -3.56. The topological polar surface area (TPSA) is 107 Å². The lowest BCUT2D eigenvalue weighted by molar-refractivity contribution is 0.196. The molecule has 0 bridgehead atoms. The maximum atomic E-state index is 11.5. The zero-order valence-corrected chi connectivity index (χ0v) is 9.77. The van der Waals surface area contributed by atoms with Gasteiger partial charge in [0.15, 0.2) is 0 Å². The van der Waals surface area contributed by atoms with Crippen molar-refractivity contribution in [2.75, 3.05) is 26.0 Å². The van der Waals surface area contributed by atoms with E-state index in [1.54, 1.807) is 7.11 Å². The average Bonchev–Trinajstić information content (AvgIpc) is 2.60. The van der Waals surface area contributed by atoms with Gasteiger partial charge in [0.05, 0.1) is 0 Å². The molecule has 3 N–H and O–H groups in total. The van der Waals surface area contributed by atoms with Crippen molar-refractivity contribution in [3.63, 3.8) is 0 Å². The highest BCUT2D eigenvalue weighted by molar-refractivity contribution is 7.91. The van der Waals surface area contributed by atoms with Gasteiger partial charge in [-0.1, -0.05) is 11.3 Å². The Kier molecular flexibility index (Phi) is 4.39. The van der Waals surface area contributed by atoms with E-state index in [2.05, 4.69) is 14.9 Å². The van der Waals surface area contributed by atoms with Crippen LogP contribution in [0.1, 0.15) is 6.42 Å². The highest BCUT2D eigenvalue weighted by Gasteiger charge is 2.18. The Bertz CT molecular complexity index is 402. The lowest BCUT2D eigenvalue weighted by Gasteiger charge is -2.02. The molecule has 0 saturated carbocycles. The SMILES string of the molecule is COCCCNS(=O)(=O)c1nnc(N)s1. The zero-order valence-electron chi connectivity index (χ0n) is 8.13. The summed E-state index contributed by atoms with van der Waals surface area (Å²) in [7, 11) is -2.01. The molecule has 0 radical (unpaired) electrons. The summed E-state index contributed by atoms with van der Waals surface area (Å²) in [6.07, 6.45) is 0.601. The number of hydrogen-bond acceptors (Lipinski definition) is 7. The molecular weight excluding hydrogens is 240 g/mol. The highest BCUT2D eigenvalue weighted by Crippen LogP contribution is 2.16. The minimum Gasteiger partial charge on any atom is -0.385 e. The fourth-order valence-electron chi connectivity index (χ4n) is 0.814. The van der Waals surface area contributed by atoms with Crippen LogP contribution in [0.3, 0.4) is 0 Å². The van der Waals surface area contributed by atoms with E-state index in [1.165, 1.54) is 0 Å². The number of aromatic nitrogens is 2. The third-order valence-electron chi connectivity index (χ3n) is 1.47. The first-order chi connectivity index (χ1) is 7.06. The van der Waals surface area contributed by atoms with Crippen molar-refractivity contribution in [3.05, 3.63) is 0 Å². The van der Waals surface area contributed by atoms with Crippen LogP contribution >= 0.6 is 11.3 Å². The van der Waals surface area contributed by atoms with Crippen molar-refractivity contribution in [3.8, 4) is 0 Å². The first kappa shape index (κ1) is 12.3. The second-order valence-electron chi connectivity index (χ2n) is 2.65. The van der Waals surface area contributed by atoms with Crippen LogP contribution in [-0.2, 0) is 14.8 Å². The van der Waals surface area contributed by atoms with Gasteiger partial charge in [-0.25, -0.2) is 13.1 Å². The van der Waals surface area contributed by atoms with Crippen LogP contribution in [0.4, 0.5) is 5.13 Å². The van der Waals surface area contributed by atoms with Gasteiger partial charge in [-0.2, -0.15) is 0 Å². The van der Waals surface area contributed by atoms with Crippen LogP contribution in [-0.4, -0.2) is 38.9 Å². The number of nitrogens with zero attached hydrogens (tertiary/aromatic N) is 2. The van der Waals surface area contributed by atoms with E-state index in [4.69, 9.17) is 10.5 Å². The summed E-state index contributed by atoms with van der Waals surface area (Å²) in [4.78, 5) is 0. The molecule has 15 heavy (non-hydrogen) atoms. The molecule has 0 aromatic carbocycles. The van der Waals surface area contributed by atoms with Crippen LogP contribution in [0, 0.1) is 0 Å². The van der Waals surface area contributed by atoms with Crippen molar-refractivity contribution in [1.29, 1.82) is 0 Å². The van der Waals surface area contributed by atoms with Crippen LogP contribution in [0.2, 0.25) is 0 Å². The summed E-state index contributed by atoms with van der Waals surface area (Å²) < 4.78 is 30.1. The van der Waals surface area contributed by atoms with Gasteiger partial charge in [-0.05, 0) is 6.42 Å². The monoisotopic (exact) mass is 252 g/mol. The summed E-state index contributed by atoms with van der Waals surface area (Å²) in [5.41, 5.74) is 5.28. The van der Waals surface area contributed by atoms with Gasteiger partial charge in [0, 0.05) is 20.3 Å². The molecular formula is C6H12N4O3S2. The molecule has 0 aliphatic carbocycles. The quantitative estimate of drug-likeness (QED) is 0.657. The second-order valence-corrected chi connectivity index (χ2v) is 5.60. The molecule has 7 nitrogen and oxygen atoms in total. The van der Waals surface area contributed by atoms with Crippen molar-refractivity contribution in [2.45, 2.75) is 10.8 Å². The van der Waals surface area contributed by atoms with Crippen molar-refractivity contribution >= 4 is 26.5 Å². The fraction of sp³-hybridized carbons (Fsp3) is 0.667. The highest BCUT2D eigenvalue weighted by atomic mass is 32.2. The molecule has 0 atom stereocenters. The minimum absolute atomic E-state index is 0.114. The average molecular weight is 252 g/mol. The van der Waals surface area contributed by atoms with Gasteiger partial charge in [0.1, 0.15) is 0 Å². The number of methoxy groups -OCH3 is 1. The Morgan fingerprint density at radius 1 is 1.53 bits per heavy atom. The van der Waals surface area contributed by atoms with Crippen LogP contribution in [0.15, 0.2) is 4.34 Å². The van der Waals surface area contributed by atoms with Gasteiger partial charge in [-0.3, -0.25) is 0 Å². The van der Waals surface area contributed by atoms with Gasteiger partial charge in [-0.15, -0.1) is 10.2 Å². The molecule has 1 aromatic rings. The maximum absolute atomic E-state index is 11.5. The van der Waals surface area contributed by atoms with Gasteiger partial charge >= 0.3 is 0 Å². The molecule has 0 fully saturated rings. The molecule has 0 unspecified atom stereocenters. The molecule has 0 amide bonds. The summed E-state index contributed by atoms with van der Waals surface area (Å²) in [6, 6.07) is 0. The number of nitrogen functional groups attached to an aromatic ring is 1. The van der Waals surface area contributed by atoms with E-state index in [0.717, 1.165) is 11.3 Å². The van der Waals surface area contributed by atoms with E-state index in [0.29, 0.717) is 19.6 Å². The first-order valence-electron chi connectivity index (χ1n) is 4.14. The normalized spacial score (nSPS) is 11.8. The van der Waals surface area contributed by atoms with Crippen molar-refractivity contribution in [2.24, 2.45) is 0 Å². The van der Waals surface area contributed by atoms with Crippen molar-refractivity contribution < 1.29 is 13.2 Å². The smallest absolute Gasteiger partial charge is 0.269 e. The molecule has 1 heterocycles. The summed E-state index contributed by atoms with van der Waals surface area (Å²) in [5.74, 6) is 0. The standard InChI is InChI=1S/C6H12N4O3S2/c1-13-4-2-3-8-15(11,12)6-10-9-5(7)14-6/h8H,2-4H2,1H3,(H2,7,9). The number of rotatable bonds is 6. The Balaban J connectivity index is 2.53. The third kappa shape index (κ3) is 3.70. The van der Waals surface area contributed by atoms with Gasteiger partial charge in [0.2, 0.25) is 9.47 Å².